The van der Waals surface area contributed by atoms with Gasteiger partial charge in [-0.2, -0.15) is 0 Å². The highest BCUT2D eigenvalue weighted by atomic mass is 19.1. The van der Waals surface area contributed by atoms with Crippen molar-refractivity contribution in [1.29, 1.82) is 0 Å². The fourth-order valence-electron chi connectivity index (χ4n) is 3.62. The van der Waals surface area contributed by atoms with Gasteiger partial charge in [-0.25, -0.2) is 4.39 Å². The maximum absolute atomic E-state index is 13.5. The second kappa shape index (κ2) is 10.8. The monoisotopic (exact) mass is 485 g/mol. The number of anilines is 1. The standard InChI is InChI=1S/C27H24FN5O3/c1-17(29-2)26(35)32-23-9-10-24(20-4-3-11-30-14-20)33(27(23)36)16-18-12-21(15-31-13-18)25(34)19-5-7-22(28)8-6-19/h3-15,17,29H,16H2,1-2H3,(H,32,35)/t17-/m1/s1. The zero-order valence-electron chi connectivity index (χ0n) is 19.7. The van der Waals surface area contributed by atoms with Gasteiger partial charge in [-0.3, -0.25) is 24.4 Å². The topological polar surface area (TPSA) is 106 Å². The Morgan fingerprint density at radius 1 is 1.00 bits per heavy atom. The molecule has 0 saturated carbocycles. The first-order valence-electron chi connectivity index (χ1n) is 11.2. The second-order valence-corrected chi connectivity index (χ2v) is 8.18. The summed E-state index contributed by atoms with van der Waals surface area (Å²) >= 11 is 0. The van der Waals surface area contributed by atoms with E-state index in [1.807, 2.05) is 6.07 Å². The average molecular weight is 486 g/mol. The number of hydrogen-bond donors (Lipinski definition) is 2. The molecule has 8 nitrogen and oxygen atoms in total. The van der Waals surface area contributed by atoms with Gasteiger partial charge in [0.15, 0.2) is 5.78 Å². The van der Waals surface area contributed by atoms with Gasteiger partial charge in [-0.1, -0.05) is 0 Å². The number of pyridine rings is 3. The molecule has 0 unspecified atom stereocenters. The van der Waals surface area contributed by atoms with Crippen molar-refractivity contribution in [3.63, 3.8) is 0 Å². The van der Waals surface area contributed by atoms with Crippen molar-refractivity contribution in [2.45, 2.75) is 19.5 Å². The van der Waals surface area contributed by atoms with Gasteiger partial charge in [0.1, 0.15) is 11.5 Å². The Kier molecular flexibility index (Phi) is 7.41. The maximum atomic E-state index is 13.5. The van der Waals surface area contributed by atoms with Crippen LogP contribution in [0.2, 0.25) is 0 Å². The molecule has 0 aliphatic heterocycles. The van der Waals surface area contributed by atoms with Gasteiger partial charge in [0.2, 0.25) is 5.91 Å². The summed E-state index contributed by atoms with van der Waals surface area (Å²) in [5.41, 5.74) is 2.24. The van der Waals surface area contributed by atoms with Crippen LogP contribution in [-0.2, 0) is 11.3 Å². The Bertz CT molecular complexity index is 1450. The van der Waals surface area contributed by atoms with Crippen LogP contribution in [0.25, 0.3) is 11.3 Å². The van der Waals surface area contributed by atoms with Gasteiger partial charge in [0, 0.05) is 41.5 Å². The molecule has 0 fully saturated rings. The molecule has 1 amide bonds. The highest BCUT2D eigenvalue weighted by Crippen LogP contribution is 2.20. The Morgan fingerprint density at radius 3 is 2.47 bits per heavy atom. The van der Waals surface area contributed by atoms with Gasteiger partial charge in [-0.15, -0.1) is 0 Å². The first kappa shape index (κ1) is 24.6. The van der Waals surface area contributed by atoms with Gasteiger partial charge in [-0.05, 0) is 74.1 Å². The van der Waals surface area contributed by atoms with Gasteiger partial charge >= 0.3 is 0 Å². The van der Waals surface area contributed by atoms with E-state index >= 15 is 0 Å². The number of hydrogen-bond acceptors (Lipinski definition) is 6. The van der Waals surface area contributed by atoms with Crippen molar-refractivity contribution < 1.29 is 14.0 Å². The summed E-state index contributed by atoms with van der Waals surface area (Å²) in [4.78, 5) is 47.1. The number of benzene rings is 1. The molecule has 0 bridgehead atoms. The minimum atomic E-state index is -0.491. The van der Waals surface area contributed by atoms with Crippen LogP contribution in [-0.4, -0.2) is 39.3 Å². The van der Waals surface area contributed by atoms with Crippen LogP contribution >= 0.6 is 0 Å². The molecule has 1 atom stereocenters. The molecule has 0 radical (unpaired) electrons. The number of halogens is 1. The molecular weight excluding hydrogens is 461 g/mol. The van der Waals surface area contributed by atoms with Crippen molar-refractivity contribution >= 4 is 17.4 Å². The lowest BCUT2D eigenvalue weighted by Crippen LogP contribution is -2.37. The predicted molar refractivity (Wildman–Crippen MR) is 134 cm³/mol. The molecule has 9 heteroatoms. The summed E-state index contributed by atoms with van der Waals surface area (Å²) in [6.07, 6.45) is 6.26. The van der Waals surface area contributed by atoms with Crippen LogP contribution in [0.3, 0.4) is 0 Å². The molecule has 0 saturated heterocycles. The van der Waals surface area contributed by atoms with E-state index in [0.29, 0.717) is 27.9 Å². The van der Waals surface area contributed by atoms with Gasteiger partial charge < -0.3 is 15.2 Å². The summed E-state index contributed by atoms with van der Waals surface area (Å²) in [5.74, 6) is -1.09. The van der Waals surface area contributed by atoms with E-state index in [9.17, 15) is 18.8 Å². The molecule has 3 heterocycles. The van der Waals surface area contributed by atoms with E-state index in [-0.39, 0.29) is 23.9 Å². The smallest absolute Gasteiger partial charge is 0.275 e. The Labute approximate surface area is 206 Å². The molecule has 4 rings (SSSR count). The van der Waals surface area contributed by atoms with E-state index in [1.165, 1.54) is 35.0 Å². The van der Waals surface area contributed by atoms with Crippen molar-refractivity contribution in [2.24, 2.45) is 0 Å². The quantitative estimate of drug-likeness (QED) is 0.371. The van der Waals surface area contributed by atoms with Gasteiger partial charge in [0.25, 0.3) is 5.56 Å². The number of carbonyl (C=O) groups excluding carboxylic acids is 2. The maximum Gasteiger partial charge on any atom is 0.275 e. The van der Waals surface area contributed by atoms with E-state index in [2.05, 4.69) is 20.6 Å². The Balaban J connectivity index is 1.73. The van der Waals surface area contributed by atoms with Crippen LogP contribution in [0, 0.1) is 5.82 Å². The number of likely N-dealkylation sites (N-methyl/N-ethyl adjacent to an activating group) is 1. The fourth-order valence-corrected chi connectivity index (χ4v) is 3.62. The number of nitrogens with zero attached hydrogens (tertiary/aromatic N) is 3. The normalized spacial score (nSPS) is 11.6. The fraction of sp³-hybridized carbons (Fsp3) is 0.148. The molecule has 3 aromatic heterocycles. The predicted octanol–water partition coefficient (Wildman–Crippen LogP) is 3.27. The Hall–Kier alpha value is -4.50. The molecular formula is C27H24FN5O3. The molecule has 0 spiro atoms. The molecule has 2 N–H and O–H groups in total. The van der Waals surface area contributed by atoms with Crippen molar-refractivity contribution in [1.82, 2.24) is 19.9 Å². The largest absolute Gasteiger partial charge is 0.320 e. The number of rotatable bonds is 8. The lowest BCUT2D eigenvalue weighted by atomic mass is 10.0. The highest BCUT2D eigenvalue weighted by Gasteiger charge is 2.17. The second-order valence-electron chi connectivity index (χ2n) is 8.18. The lowest BCUT2D eigenvalue weighted by Gasteiger charge is -2.17. The van der Waals surface area contributed by atoms with Crippen molar-refractivity contribution in [3.05, 3.63) is 112 Å². The molecule has 0 aliphatic carbocycles. The van der Waals surface area contributed by atoms with E-state index < -0.39 is 17.4 Å². The zero-order chi connectivity index (χ0) is 25.7. The minimum Gasteiger partial charge on any atom is -0.320 e. The van der Waals surface area contributed by atoms with Crippen LogP contribution in [0.1, 0.15) is 28.4 Å². The third-order valence-electron chi connectivity index (χ3n) is 5.72. The van der Waals surface area contributed by atoms with Crippen LogP contribution in [0.15, 0.2) is 84.2 Å². The first-order chi connectivity index (χ1) is 17.4. The SMILES string of the molecule is CN[C@H](C)C(=O)Nc1ccc(-c2cccnc2)n(Cc2cncc(C(=O)c3ccc(F)cc3)c2)c1=O. The number of carbonyl (C=O) groups is 2. The van der Waals surface area contributed by atoms with E-state index in [4.69, 9.17) is 0 Å². The zero-order valence-corrected chi connectivity index (χ0v) is 19.7. The summed E-state index contributed by atoms with van der Waals surface area (Å²) in [5, 5.41) is 5.51. The minimum absolute atomic E-state index is 0.0892. The number of amides is 1. The van der Waals surface area contributed by atoms with Gasteiger partial charge in [0.05, 0.1) is 18.3 Å². The third-order valence-corrected chi connectivity index (χ3v) is 5.72. The molecule has 36 heavy (non-hydrogen) atoms. The summed E-state index contributed by atoms with van der Waals surface area (Å²) in [6, 6.07) is 13.3. The summed E-state index contributed by atoms with van der Waals surface area (Å²) in [6.45, 7) is 1.78. The average Bonchev–Trinajstić information content (AvgIpc) is 2.91. The number of aromatic nitrogens is 3. The molecule has 4 aromatic rings. The van der Waals surface area contributed by atoms with Crippen molar-refractivity contribution in [3.8, 4) is 11.3 Å². The van der Waals surface area contributed by atoms with E-state index in [1.54, 1.807) is 56.8 Å². The lowest BCUT2D eigenvalue weighted by molar-refractivity contribution is -0.117. The number of nitrogens with one attached hydrogen (secondary N) is 2. The highest BCUT2D eigenvalue weighted by molar-refractivity contribution is 6.08. The van der Waals surface area contributed by atoms with Crippen LogP contribution in [0.5, 0.6) is 0 Å². The third kappa shape index (κ3) is 5.42. The molecule has 182 valence electrons. The Morgan fingerprint density at radius 2 is 1.78 bits per heavy atom. The van der Waals surface area contributed by atoms with Crippen LogP contribution < -0.4 is 16.2 Å². The van der Waals surface area contributed by atoms with E-state index in [0.717, 1.165) is 0 Å². The summed E-state index contributed by atoms with van der Waals surface area (Å²) < 4.78 is 14.8. The number of ketones is 1. The molecule has 0 aliphatic rings. The van der Waals surface area contributed by atoms with Crippen LogP contribution in [0.4, 0.5) is 10.1 Å². The summed E-state index contributed by atoms with van der Waals surface area (Å²) in [7, 11) is 1.65. The molecule has 1 aromatic carbocycles. The van der Waals surface area contributed by atoms with Crippen molar-refractivity contribution in [2.75, 3.05) is 12.4 Å². The first-order valence-corrected chi connectivity index (χ1v) is 11.2.